The molecule has 4 aliphatic heterocycles. The van der Waals surface area contributed by atoms with Crippen LogP contribution >= 0.6 is 0 Å². The van der Waals surface area contributed by atoms with Crippen LogP contribution in [0.2, 0.25) is 0 Å². The van der Waals surface area contributed by atoms with Gasteiger partial charge in [0.15, 0.2) is 11.6 Å². The van der Waals surface area contributed by atoms with Gasteiger partial charge in [0.1, 0.15) is 11.1 Å². The van der Waals surface area contributed by atoms with E-state index in [0.717, 1.165) is 0 Å². The second kappa shape index (κ2) is 12.7. The molecule has 4 atom stereocenters. The lowest BCUT2D eigenvalue weighted by Crippen LogP contribution is -2.62. The van der Waals surface area contributed by atoms with E-state index in [9.17, 15) is 28.8 Å². The number of nitrogens with one attached hydrogen (secondary N) is 4. The number of hydrogen-bond donors (Lipinski definition) is 4. The molecule has 4 aliphatic rings. The Labute approximate surface area is 245 Å². The third-order valence-corrected chi connectivity index (χ3v) is 9.23. The minimum Gasteiger partial charge on any atom is -0.346 e. The van der Waals surface area contributed by atoms with Gasteiger partial charge in [0.2, 0.25) is 23.6 Å². The molecular weight excluding hydrogens is 538 g/mol. The van der Waals surface area contributed by atoms with E-state index in [-0.39, 0.29) is 66.6 Å². The molecule has 5 heterocycles. The van der Waals surface area contributed by atoms with Gasteiger partial charge in [0, 0.05) is 37.4 Å². The van der Waals surface area contributed by atoms with Crippen molar-refractivity contribution in [1.29, 1.82) is 0 Å². The molecule has 4 saturated heterocycles. The molecule has 11 nitrogen and oxygen atoms in total. The highest BCUT2D eigenvalue weighted by atomic mass is 16.2. The largest absolute Gasteiger partial charge is 0.346 e. The van der Waals surface area contributed by atoms with E-state index < -0.39 is 23.2 Å². The van der Waals surface area contributed by atoms with Crippen LogP contribution in [-0.4, -0.2) is 52.3 Å². The summed E-state index contributed by atoms with van der Waals surface area (Å²) >= 11 is 0. The average Bonchev–Trinajstić information content (AvgIpc) is 3.50. The first-order valence-corrected chi connectivity index (χ1v) is 15.5. The van der Waals surface area contributed by atoms with Crippen LogP contribution < -0.4 is 21.3 Å². The summed E-state index contributed by atoms with van der Waals surface area (Å²) in [7, 11) is 0. The van der Waals surface area contributed by atoms with Crippen molar-refractivity contribution in [2.75, 3.05) is 0 Å². The molecule has 42 heavy (non-hydrogen) atoms. The molecule has 0 radical (unpaired) electrons. The number of carbonyl (C=O) groups excluding carboxylic acids is 6. The molecule has 0 aliphatic carbocycles. The van der Waals surface area contributed by atoms with Crippen LogP contribution in [0, 0.1) is 0 Å². The number of carbonyl (C=O) groups is 6. The highest BCUT2D eigenvalue weighted by Gasteiger charge is 2.54. The standard InChI is InChI=1S/C31H41N5O6/c37-23-13-3-1-11-21(33-23)28(41)30(17-7-5-15-25(39)35-30)20-10-9-19-32-27(20)31(18-8-6-16-26(40)36-31)29(42)22-12-2-4-14-24(38)34-22/h9-10,19,21-22H,1-8,11-18H2,(H,33,37)(H,34,38)(H,35,39)(H,36,40). The van der Waals surface area contributed by atoms with Crippen molar-refractivity contribution in [2.24, 2.45) is 0 Å². The molecule has 226 valence electrons. The normalized spacial score (nSPS) is 31.1. The number of Topliss-reactive ketones (excluding diaryl/α,β-unsaturated/α-hetero) is 2. The summed E-state index contributed by atoms with van der Waals surface area (Å²) in [4.78, 5) is 85.3. The maximum absolute atomic E-state index is 14.6. The predicted molar refractivity (Wildman–Crippen MR) is 152 cm³/mol. The van der Waals surface area contributed by atoms with Gasteiger partial charge in [0.25, 0.3) is 0 Å². The van der Waals surface area contributed by atoms with E-state index in [1.165, 1.54) is 6.20 Å². The average molecular weight is 580 g/mol. The zero-order valence-electron chi connectivity index (χ0n) is 24.1. The van der Waals surface area contributed by atoms with Gasteiger partial charge in [0.05, 0.1) is 17.8 Å². The fourth-order valence-electron chi connectivity index (χ4n) is 7.10. The lowest BCUT2D eigenvalue weighted by Gasteiger charge is -2.41. The third-order valence-electron chi connectivity index (χ3n) is 9.23. The number of amides is 4. The molecule has 4 amide bonds. The first kappa shape index (κ1) is 29.8. The molecule has 4 fully saturated rings. The number of hydrogen-bond acceptors (Lipinski definition) is 7. The van der Waals surface area contributed by atoms with Gasteiger partial charge in [-0.25, -0.2) is 0 Å². The summed E-state index contributed by atoms with van der Waals surface area (Å²) in [5.41, 5.74) is -2.58. The lowest BCUT2D eigenvalue weighted by molar-refractivity contribution is -0.136. The Morgan fingerprint density at radius 1 is 0.643 bits per heavy atom. The highest BCUT2D eigenvalue weighted by Crippen LogP contribution is 2.41. The second-order valence-electron chi connectivity index (χ2n) is 12.2. The van der Waals surface area contributed by atoms with Crippen LogP contribution in [0.3, 0.4) is 0 Å². The van der Waals surface area contributed by atoms with Crippen LogP contribution in [0.25, 0.3) is 0 Å². The quantitative estimate of drug-likeness (QED) is 0.401. The Hall–Kier alpha value is -3.63. The molecular formula is C31H41N5O6. The summed E-state index contributed by atoms with van der Waals surface area (Å²) in [6.07, 6.45) is 9.01. The van der Waals surface area contributed by atoms with Crippen molar-refractivity contribution in [1.82, 2.24) is 26.3 Å². The fraction of sp³-hybridized carbons (Fsp3) is 0.645. The molecule has 0 saturated carbocycles. The van der Waals surface area contributed by atoms with E-state index in [2.05, 4.69) is 21.3 Å². The van der Waals surface area contributed by atoms with Crippen molar-refractivity contribution in [3.8, 4) is 0 Å². The Morgan fingerprint density at radius 2 is 1.12 bits per heavy atom. The van der Waals surface area contributed by atoms with Crippen LogP contribution in [0.15, 0.2) is 18.3 Å². The lowest BCUT2D eigenvalue weighted by atomic mass is 9.71. The Balaban J connectivity index is 1.68. The van der Waals surface area contributed by atoms with Crippen LogP contribution in [-0.2, 0) is 39.8 Å². The minimum absolute atomic E-state index is 0.209. The molecule has 0 bridgehead atoms. The second-order valence-corrected chi connectivity index (χ2v) is 12.2. The number of pyridine rings is 1. The zero-order chi connectivity index (χ0) is 29.7. The van der Waals surface area contributed by atoms with Gasteiger partial charge in [-0.3, -0.25) is 33.8 Å². The first-order valence-electron chi connectivity index (χ1n) is 15.5. The first-order chi connectivity index (χ1) is 20.2. The molecule has 0 aromatic carbocycles. The van der Waals surface area contributed by atoms with Crippen molar-refractivity contribution in [3.63, 3.8) is 0 Å². The van der Waals surface area contributed by atoms with E-state index in [0.29, 0.717) is 82.6 Å². The van der Waals surface area contributed by atoms with E-state index in [1.54, 1.807) is 12.1 Å². The van der Waals surface area contributed by atoms with E-state index in [1.807, 2.05) is 0 Å². The van der Waals surface area contributed by atoms with Gasteiger partial charge < -0.3 is 21.3 Å². The number of ketones is 2. The number of aromatic nitrogens is 1. The molecule has 5 rings (SSSR count). The summed E-state index contributed by atoms with van der Waals surface area (Å²) < 4.78 is 0. The molecule has 4 unspecified atom stereocenters. The summed E-state index contributed by atoms with van der Waals surface area (Å²) in [5, 5.41) is 11.8. The third kappa shape index (κ3) is 5.96. The Kier molecular flexibility index (Phi) is 9.03. The SMILES string of the molecule is O=C1CCCCC(C(=O)C2(c3cccnc3C3(C(=O)C4CCCCC(=O)N4)CCCCC(=O)N3)CCCCC(=O)N2)N1. The summed E-state index contributed by atoms with van der Waals surface area (Å²) in [6, 6.07) is 1.73. The monoisotopic (exact) mass is 579 g/mol. The van der Waals surface area contributed by atoms with Crippen molar-refractivity contribution in [2.45, 2.75) is 126 Å². The fourth-order valence-corrected chi connectivity index (χ4v) is 7.10. The molecule has 1 aromatic rings. The summed E-state index contributed by atoms with van der Waals surface area (Å²) in [6.45, 7) is 0. The summed E-state index contributed by atoms with van der Waals surface area (Å²) in [5.74, 6) is -1.73. The maximum atomic E-state index is 14.6. The molecule has 11 heteroatoms. The van der Waals surface area contributed by atoms with Crippen molar-refractivity contribution >= 4 is 35.2 Å². The Bertz CT molecular complexity index is 1170. The van der Waals surface area contributed by atoms with E-state index >= 15 is 0 Å². The number of nitrogens with zero attached hydrogens (tertiary/aromatic N) is 1. The van der Waals surface area contributed by atoms with Crippen LogP contribution in [0.1, 0.15) is 114 Å². The topological polar surface area (TPSA) is 163 Å². The number of rotatable bonds is 6. The smallest absolute Gasteiger partial charge is 0.221 e. The van der Waals surface area contributed by atoms with Crippen molar-refractivity contribution < 1.29 is 28.8 Å². The van der Waals surface area contributed by atoms with Crippen molar-refractivity contribution in [3.05, 3.63) is 29.6 Å². The van der Waals surface area contributed by atoms with Crippen LogP contribution in [0.5, 0.6) is 0 Å². The van der Waals surface area contributed by atoms with Gasteiger partial charge in [-0.2, -0.15) is 0 Å². The highest BCUT2D eigenvalue weighted by molar-refractivity contribution is 6.02. The molecule has 0 spiro atoms. The predicted octanol–water partition coefficient (Wildman–Crippen LogP) is 2.11. The van der Waals surface area contributed by atoms with Gasteiger partial charge >= 0.3 is 0 Å². The van der Waals surface area contributed by atoms with Gasteiger partial charge in [-0.05, 0) is 70.3 Å². The molecule has 1 aromatic heterocycles. The van der Waals surface area contributed by atoms with E-state index in [4.69, 9.17) is 4.98 Å². The minimum atomic E-state index is -1.61. The Morgan fingerprint density at radius 3 is 1.71 bits per heavy atom. The van der Waals surface area contributed by atoms with Gasteiger partial charge in [-0.1, -0.05) is 18.9 Å². The van der Waals surface area contributed by atoms with Crippen LogP contribution in [0.4, 0.5) is 0 Å². The maximum Gasteiger partial charge on any atom is 0.221 e. The zero-order valence-corrected chi connectivity index (χ0v) is 24.1. The molecule has 4 N–H and O–H groups in total. The van der Waals surface area contributed by atoms with Gasteiger partial charge in [-0.15, -0.1) is 0 Å².